The molecular weight excluding hydrogens is 226 g/mol. The van der Waals surface area contributed by atoms with E-state index in [1.165, 1.54) is 0 Å². The first-order valence-electron chi connectivity index (χ1n) is 7.37. The van der Waals surface area contributed by atoms with Gasteiger partial charge in [0, 0.05) is 31.7 Å². The molecule has 0 aromatic heterocycles. The number of nitrogens with zero attached hydrogens (tertiary/aromatic N) is 2. The van der Waals surface area contributed by atoms with E-state index in [0.29, 0.717) is 18.0 Å². The molecular formula is C14H27N3O. The highest BCUT2D eigenvalue weighted by Crippen LogP contribution is 2.20. The summed E-state index contributed by atoms with van der Waals surface area (Å²) in [6, 6.07) is 1.09. The Hall–Kier alpha value is -0.610. The van der Waals surface area contributed by atoms with E-state index in [2.05, 4.69) is 29.0 Å². The van der Waals surface area contributed by atoms with Crippen LogP contribution < -0.4 is 5.32 Å². The molecule has 0 aliphatic carbocycles. The van der Waals surface area contributed by atoms with Gasteiger partial charge in [-0.1, -0.05) is 0 Å². The number of nitrogens with one attached hydrogen (secondary N) is 1. The Morgan fingerprint density at radius 1 is 1.22 bits per heavy atom. The molecule has 1 unspecified atom stereocenters. The Morgan fingerprint density at radius 2 is 1.89 bits per heavy atom. The van der Waals surface area contributed by atoms with Gasteiger partial charge < -0.3 is 15.1 Å². The zero-order valence-electron chi connectivity index (χ0n) is 12.0. The van der Waals surface area contributed by atoms with Crippen molar-refractivity contribution in [3.05, 3.63) is 0 Å². The van der Waals surface area contributed by atoms with E-state index in [4.69, 9.17) is 0 Å². The van der Waals surface area contributed by atoms with Crippen LogP contribution in [0.4, 0.5) is 0 Å². The summed E-state index contributed by atoms with van der Waals surface area (Å²) >= 11 is 0. The fourth-order valence-electron chi connectivity index (χ4n) is 3.09. The Bertz CT molecular complexity index is 285. The number of carbonyl (C=O) groups excluding carboxylic acids is 1. The van der Waals surface area contributed by atoms with Gasteiger partial charge in [0.2, 0.25) is 5.91 Å². The summed E-state index contributed by atoms with van der Waals surface area (Å²) < 4.78 is 0. The van der Waals surface area contributed by atoms with Gasteiger partial charge in [-0.15, -0.1) is 0 Å². The maximum absolute atomic E-state index is 12.3. The van der Waals surface area contributed by atoms with Crippen LogP contribution >= 0.6 is 0 Å². The molecule has 2 rings (SSSR count). The summed E-state index contributed by atoms with van der Waals surface area (Å²) in [5.74, 6) is 0.301. The number of likely N-dealkylation sites (tertiary alicyclic amines) is 1. The van der Waals surface area contributed by atoms with Crippen LogP contribution in [0.2, 0.25) is 0 Å². The van der Waals surface area contributed by atoms with Gasteiger partial charge in [-0.2, -0.15) is 0 Å². The molecule has 1 atom stereocenters. The largest absolute Gasteiger partial charge is 0.338 e. The van der Waals surface area contributed by atoms with E-state index in [1.807, 2.05) is 6.92 Å². The third kappa shape index (κ3) is 3.04. The molecule has 0 saturated carbocycles. The van der Waals surface area contributed by atoms with Gasteiger partial charge in [-0.05, 0) is 46.6 Å². The lowest BCUT2D eigenvalue weighted by atomic mass is 10.0. The topological polar surface area (TPSA) is 35.6 Å². The molecule has 2 fully saturated rings. The molecule has 1 amide bonds. The fourth-order valence-corrected chi connectivity index (χ4v) is 3.09. The predicted molar refractivity (Wildman–Crippen MR) is 73.5 cm³/mol. The highest BCUT2D eigenvalue weighted by molar-refractivity contribution is 5.82. The highest BCUT2D eigenvalue weighted by Gasteiger charge is 2.31. The monoisotopic (exact) mass is 253 g/mol. The normalized spacial score (nSPS) is 28.8. The van der Waals surface area contributed by atoms with Crippen LogP contribution in [-0.2, 0) is 4.79 Å². The summed E-state index contributed by atoms with van der Waals surface area (Å²) in [6.07, 6.45) is 3.35. The lowest BCUT2D eigenvalue weighted by Crippen LogP contribution is -2.51. The maximum atomic E-state index is 12.3. The molecule has 0 bridgehead atoms. The molecule has 18 heavy (non-hydrogen) atoms. The van der Waals surface area contributed by atoms with Gasteiger partial charge in [0.25, 0.3) is 0 Å². The molecule has 4 nitrogen and oxygen atoms in total. The first kappa shape index (κ1) is 13.8. The van der Waals surface area contributed by atoms with Crippen molar-refractivity contribution in [2.45, 2.75) is 58.2 Å². The molecule has 0 radical (unpaired) electrons. The van der Waals surface area contributed by atoms with Crippen LogP contribution in [0.3, 0.4) is 0 Å². The standard InChI is InChI=1S/C14H27N3O/c1-11(2)16-9-5-13(6-10-16)17-8-4-7-15-12(3)14(17)18/h11-13,15H,4-10H2,1-3H3. The average molecular weight is 253 g/mol. The van der Waals surface area contributed by atoms with E-state index in [-0.39, 0.29) is 6.04 Å². The smallest absolute Gasteiger partial charge is 0.239 e. The Morgan fingerprint density at radius 3 is 2.50 bits per heavy atom. The first-order valence-corrected chi connectivity index (χ1v) is 7.37. The molecule has 2 saturated heterocycles. The maximum Gasteiger partial charge on any atom is 0.239 e. The molecule has 2 heterocycles. The van der Waals surface area contributed by atoms with E-state index >= 15 is 0 Å². The minimum atomic E-state index is -0.00405. The zero-order valence-corrected chi connectivity index (χ0v) is 12.0. The van der Waals surface area contributed by atoms with Gasteiger partial charge in [0.1, 0.15) is 0 Å². The van der Waals surface area contributed by atoms with Gasteiger partial charge in [0.15, 0.2) is 0 Å². The molecule has 0 aromatic rings. The number of amides is 1. The molecule has 0 aromatic carbocycles. The minimum absolute atomic E-state index is 0.00405. The number of carbonyl (C=O) groups is 1. The van der Waals surface area contributed by atoms with Gasteiger partial charge in [-0.3, -0.25) is 4.79 Å². The number of hydrogen-bond acceptors (Lipinski definition) is 3. The van der Waals surface area contributed by atoms with E-state index in [0.717, 1.165) is 45.4 Å². The van der Waals surface area contributed by atoms with Gasteiger partial charge >= 0.3 is 0 Å². The van der Waals surface area contributed by atoms with Gasteiger partial charge in [-0.25, -0.2) is 0 Å². The summed E-state index contributed by atoms with van der Waals surface area (Å²) in [5.41, 5.74) is 0. The van der Waals surface area contributed by atoms with Crippen LogP contribution in [0.25, 0.3) is 0 Å². The SMILES string of the molecule is CC1NCCCN(C2CCN(C(C)C)CC2)C1=O. The average Bonchev–Trinajstić information content (AvgIpc) is 2.53. The minimum Gasteiger partial charge on any atom is -0.338 e. The molecule has 4 heteroatoms. The third-order valence-corrected chi connectivity index (χ3v) is 4.35. The Kier molecular flexibility index (Phi) is 4.62. The molecule has 104 valence electrons. The fraction of sp³-hybridized carbons (Fsp3) is 0.929. The van der Waals surface area contributed by atoms with Crippen molar-refractivity contribution in [3.63, 3.8) is 0 Å². The van der Waals surface area contributed by atoms with Crippen LogP contribution in [-0.4, -0.2) is 60.0 Å². The van der Waals surface area contributed by atoms with Crippen LogP contribution in [0.5, 0.6) is 0 Å². The first-order chi connectivity index (χ1) is 8.59. The predicted octanol–water partition coefficient (Wildman–Crippen LogP) is 1.07. The second-order valence-electron chi connectivity index (χ2n) is 5.92. The lowest BCUT2D eigenvalue weighted by molar-refractivity contribution is -0.135. The number of hydrogen-bond donors (Lipinski definition) is 1. The summed E-state index contributed by atoms with van der Waals surface area (Å²) in [7, 11) is 0. The molecule has 0 spiro atoms. The summed E-state index contributed by atoms with van der Waals surface area (Å²) in [5, 5.41) is 3.29. The van der Waals surface area contributed by atoms with Crippen LogP contribution in [0, 0.1) is 0 Å². The van der Waals surface area contributed by atoms with Crippen molar-refractivity contribution in [2.24, 2.45) is 0 Å². The van der Waals surface area contributed by atoms with Crippen molar-refractivity contribution in [1.82, 2.24) is 15.1 Å². The second-order valence-corrected chi connectivity index (χ2v) is 5.92. The van der Waals surface area contributed by atoms with Crippen molar-refractivity contribution in [1.29, 1.82) is 0 Å². The third-order valence-electron chi connectivity index (χ3n) is 4.35. The van der Waals surface area contributed by atoms with Crippen molar-refractivity contribution in [2.75, 3.05) is 26.2 Å². The quantitative estimate of drug-likeness (QED) is 0.799. The zero-order chi connectivity index (χ0) is 13.1. The van der Waals surface area contributed by atoms with Crippen molar-refractivity contribution in [3.8, 4) is 0 Å². The second kappa shape index (κ2) is 6.02. The van der Waals surface area contributed by atoms with Crippen molar-refractivity contribution >= 4 is 5.91 Å². The summed E-state index contributed by atoms with van der Waals surface area (Å²) in [6.45, 7) is 10.7. The van der Waals surface area contributed by atoms with Crippen molar-refractivity contribution < 1.29 is 4.79 Å². The van der Waals surface area contributed by atoms with E-state index in [1.54, 1.807) is 0 Å². The van der Waals surface area contributed by atoms with E-state index < -0.39 is 0 Å². The molecule has 1 N–H and O–H groups in total. The Labute approximate surface area is 111 Å². The summed E-state index contributed by atoms with van der Waals surface area (Å²) in [4.78, 5) is 17.0. The molecule has 2 aliphatic rings. The van der Waals surface area contributed by atoms with E-state index in [9.17, 15) is 4.79 Å². The Balaban J connectivity index is 1.93. The lowest BCUT2D eigenvalue weighted by Gasteiger charge is -2.40. The number of piperidine rings is 1. The highest BCUT2D eigenvalue weighted by atomic mass is 16.2. The van der Waals surface area contributed by atoms with Gasteiger partial charge in [0.05, 0.1) is 6.04 Å². The van der Waals surface area contributed by atoms with Crippen LogP contribution in [0.1, 0.15) is 40.0 Å². The molecule has 2 aliphatic heterocycles. The number of rotatable bonds is 2. The van der Waals surface area contributed by atoms with Crippen LogP contribution in [0.15, 0.2) is 0 Å².